The summed E-state index contributed by atoms with van der Waals surface area (Å²) in [5.41, 5.74) is 2.48. The third kappa shape index (κ3) is 3.96. The van der Waals surface area contributed by atoms with Gasteiger partial charge in [0.2, 0.25) is 0 Å². The summed E-state index contributed by atoms with van der Waals surface area (Å²) in [6.45, 7) is 1.88. The van der Waals surface area contributed by atoms with Gasteiger partial charge < -0.3 is 4.74 Å². The Bertz CT molecular complexity index is 962. The molecule has 27 heavy (non-hydrogen) atoms. The van der Waals surface area contributed by atoms with Crippen LogP contribution in [0.2, 0.25) is 0 Å². The van der Waals surface area contributed by atoms with Crippen molar-refractivity contribution in [2.45, 2.75) is 6.92 Å². The number of para-hydroxylation sites is 1. The smallest absolute Gasteiger partial charge is 0.270 e. The first kappa shape index (κ1) is 18.5. The van der Waals surface area contributed by atoms with Crippen LogP contribution in [-0.4, -0.2) is 24.0 Å². The summed E-state index contributed by atoms with van der Waals surface area (Å²) >= 11 is 5.20. The van der Waals surface area contributed by atoms with Gasteiger partial charge in [0.25, 0.3) is 11.8 Å². The number of amides is 2. The second-order valence-electron chi connectivity index (χ2n) is 5.90. The summed E-state index contributed by atoms with van der Waals surface area (Å²) in [5, 5.41) is 2.66. The van der Waals surface area contributed by atoms with Gasteiger partial charge in [-0.3, -0.25) is 19.8 Å². The molecule has 6 heteroatoms. The van der Waals surface area contributed by atoms with Gasteiger partial charge in [-0.15, -0.1) is 0 Å². The lowest BCUT2D eigenvalue weighted by Crippen LogP contribution is -2.54. The van der Waals surface area contributed by atoms with Crippen LogP contribution in [0.3, 0.4) is 0 Å². The Morgan fingerprint density at radius 2 is 1.78 bits per heavy atom. The molecule has 2 amide bonds. The molecule has 0 atom stereocenters. The van der Waals surface area contributed by atoms with Gasteiger partial charge in [-0.2, -0.15) is 0 Å². The Morgan fingerprint density at radius 1 is 1.07 bits per heavy atom. The van der Waals surface area contributed by atoms with Gasteiger partial charge in [-0.05, 0) is 54.5 Å². The maximum absolute atomic E-state index is 12.9. The van der Waals surface area contributed by atoms with Crippen molar-refractivity contribution in [1.29, 1.82) is 0 Å². The molecule has 1 heterocycles. The molecule has 1 aliphatic rings. The van der Waals surface area contributed by atoms with Gasteiger partial charge in [-0.1, -0.05) is 42.5 Å². The standard InChI is InChI=1S/C21H18N2O3S/c1-14-6-3-4-9-18(14)23-20(25)17(19(24)22-21(23)27)8-5-7-15-10-12-16(26-2)13-11-15/h3-13H,1-2H3,(H,22,24,27)/b7-5+,17-8+. The highest BCUT2D eigenvalue weighted by molar-refractivity contribution is 7.80. The van der Waals surface area contributed by atoms with E-state index in [0.717, 1.165) is 16.9 Å². The van der Waals surface area contributed by atoms with Crippen molar-refractivity contribution in [3.63, 3.8) is 0 Å². The molecule has 1 N–H and O–H groups in total. The van der Waals surface area contributed by atoms with Crippen molar-refractivity contribution in [2.75, 3.05) is 12.0 Å². The zero-order chi connectivity index (χ0) is 19.4. The quantitative estimate of drug-likeness (QED) is 0.503. The molecule has 0 aromatic heterocycles. The first-order valence-corrected chi connectivity index (χ1v) is 8.70. The second-order valence-corrected chi connectivity index (χ2v) is 6.29. The van der Waals surface area contributed by atoms with E-state index >= 15 is 0 Å². The number of aryl methyl sites for hydroxylation is 1. The molecule has 0 unspecified atom stereocenters. The Balaban J connectivity index is 1.87. The van der Waals surface area contributed by atoms with E-state index in [1.54, 1.807) is 25.3 Å². The number of carbonyl (C=O) groups excluding carboxylic acids is 2. The summed E-state index contributed by atoms with van der Waals surface area (Å²) in [6.07, 6.45) is 4.96. The highest BCUT2D eigenvalue weighted by atomic mass is 32.1. The van der Waals surface area contributed by atoms with Crippen LogP contribution in [0, 0.1) is 6.92 Å². The first-order chi connectivity index (χ1) is 13.0. The molecule has 2 aromatic carbocycles. The van der Waals surface area contributed by atoms with Crippen molar-refractivity contribution in [1.82, 2.24) is 5.32 Å². The predicted octanol–water partition coefficient (Wildman–Crippen LogP) is 3.39. The third-order valence-corrected chi connectivity index (χ3v) is 4.41. The van der Waals surface area contributed by atoms with Gasteiger partial charge >= 0.3 is 0 Å². The lowest BCUT2D eigenvalue weighted by molar-refractivity contribution is -0.122. The molecule has 0 radical (unpaired) electrons. The van der Waals surface area contributed by atoms with Crippen LogP contribution in [0.15, 0.2) is 66.3 Å². The van der Waals surface area contributed by atoms with Crippen LogP contribution < -0.4 is 15.0 Å². The molecular weight excluding hydrogens is 360 g/mol. The van der Waals surface area contributed by atoms with E-state index in [1.165, 1.54) is 11.0 Å². The lowest BCUT2D eigenvalue weighted by Gasteiger charge is -2.29. The number of benzene rings is 2. The molecule has 3 rings (SSSR count). The van der Waals surface area contributed by atoms with E-state index < -0.39 is 11.8 Å². The number of nitrogens with zero attached hydrogens (tertiary/aromatic N) is 1. The number of anilines is 1. The largest absolute Gasteiger partial charge is 0.497 e. The number of thiocarbonyl (C=S) groups is 1. The fourth-order valence-corrected chi connectivity index (χ4v) is 2.95. The van der Waals surface area contributed by atoms with Crippen molar-refractivity contribution < 1.29 is 14.3 Å². The highest BCUT2D eigenvalue weighted by Gasteiger charge is 2.34. The van der Waals surface area contributed by atoms with Gasteiger partial charge in [0.1, 0.15) is 11.3 Å². The molecule has 1 aliphatic heterocycles. The van der Waals surface area contributed by atoms with E-state index in [1.807, 2.05) is 49.4 Å². The summed E-state index contributed by atoms with van der Waals surface area (Å²) in [4.78, 5) is 26.5. The molecule has 0 spiro atoms. The molecule has 5 nitrogen and oxygen atoms in total. The minimum atomic E-state index is -0.505. The zero-order valence-corrected chi connectivity index (χ0v) is 15.7. The number of allylic oxidation sites excluding steroid dienone is 2. The third-order valence-electron chi connectivity index (χ3n) is 4.13. The minimum absolute atomic E-state index is 0.0246. The van der Waals surface area contributed by atoms with Crippen molar-refractivity contribution >= 4 is 40.9 Å². The van der Waals surface area contributed by atoms with Crippen molar-refractivity contribution in [3.8, 4) is 5.75 Å². The number of nitrogens with one attached hydrogen (secondary N) is 1. The molecule has 2 aromatic rings. The molecule has 1 fully saturated rings. The maximum atomic E-state index is 12.9. The zero-order valence-electron chi connectivity index (χ0n) is 14.9. The monoisotopic (exact) mass is 378 g/mol. The maximum Gasteiger partial charge on any atom is 0.270 e. The predicted molar refractivity (Wildman–Crippen MR) is 110 cm³/mol. The molecule has 136 valence electrons. The highest BCUT2D eigenvalue weighted by Crippen LogP contribution is 2.24. The van der Waals surface area contributed by atoms with Gasteiger partial charge in [0, 0.05) is 0 Å². The lowest BCUT2D eigenvalue weighted by atomic mass is 10.1. The van der Waals surface area contributed by atoms with Crippen LogP contribution in [0.25, 0.3) is 6.08 Å². The number of hydrogen-bond donors (Lipinski definition) is 1. The van der Waals surface area contributed by atoms with Crippen molar-refractivity contribution in [3.05, 3.63) is 77.4 Å². The normalized spacial score (nSPS) is 16.1. The average Bonchev–Trinajstić information content (AvgIpc) is 2.66. The van der Waals surface area contributed by atoms with Crippen molar-refractivity contribution in [2.24, 2.45) is 0 Å². The number of carbonyl (C=O) groups is 2. The number of methoxy groups -OCH3 is 1. The Hall–Kier alpha value is -3.25. The number of ether oxygens (including phenoxy) is 1. The summed E-state index contributed by atoms with van der Waals surface area (Å²) in [6, 6.07) is 14.8. The topological polar surface area (TPSA) is 58.6 Å². The fraction of sp³-hybridized carbons (Fsp3) is 0.0952. The molecule has 0 bridgehead atoms. The minimum Gasteiger partial charge on any atom is -0.497 e. The van der Waals surface area contributed by atoms with Crippen LogP contribution >= 0.6 is 12.2 Å². The summed E-state index contributed by atoms with van der Waals surface area (Å²) < 4.78 is 5.12. The van der Waals surface area contributed by atoms with E-state index in [2.05, 4.69) is 5.32 Å². The molecule has 0 aliphatic carbocycles. The van der Waals surface area contributed by atoms with Crippen LogP contribution in [0.4, 0.5) is 5.69 Å². The Labute approximate surface area is 162 Å². The van der Waals surface area contributed by atoms with E-state index in [0.29, 0.717) is 5.69 Å². The molecule has 1 saturated heterocycles. The van der Waals surface area contributed by atoms with E-state index in [4.69, 9.17) is 17.0 Å². The Kier molecular flexibility index (Phi) is 5.47. The van der Waals surface area contributed by atoms with Gasteiger partial charge in [-0.25, -0.2) is 0 Å². The molecule has 0 saturated carbocycles. The SMILES string of the molecule is COc1ccc(/C=C/C=C2\C(=O)NC(=S)N(c3ccccc3C)C2=O)cc1. The van der Waals surface area contributed by atoms with Crippen LogP contribution in [-0.2, 0) is 9.59 Å². The van der Waals surface area contributed by atoms with E-state index in [-0.39, 0.29) is 10.7 Å². The van der Waals surface area contributed by atoms with E-state index in [9.17, 15) is 9.59 Å². The first-order valence-electron chi connectivity index (χ1n) is 8.29. The van der Waals surface area contributed by atoms with Gasteiger partial charge in [0.05, 0.1) is 12.8 Å². The number of rotatable bonds is 4. The fourth-order valence-electron chi connectivity index (χ4n) is 2.68. The van der Waals surface area contributed by atoms with Crippen LogP contribution in [0.5, 0.6) is 5.75 Å². The van der Waals surface area contributed by atoms with Crippen LogP contribution in [0.1, 0.15) is 11.1 Å². The number of hydrogen-bond acceptors (Lipinski definition) is 4. The summed E-state index contributed by atoms with van der Waals surface area (Å²) in [7, 11) is 1.60. The average molecular weight is 378 g/mol. The second kappa shape index (κ2) is 7.97. The molecular formula is C21H18N2O3S. The van der Waals surface area contributed by atoms with Gasteiger partial charge in [0.15, 0.2) is 5.11 Å². The Morgan fingerprint density at radius 3 is 2.44 bits per heavy atom. The summed E-state index contributed by atoms with van der Waals surface area (Å²) in [5.74, 6) is -0.193.